The summed E-state index contributed by atoms with van der Waals surface area (Å²) in [6.07, 6.45) is 5.32. The molecule has 35 heavy (non-hydrogen) atoms. The van der Waals surface area contributed by atoms with Gasteiger partial charge in [-0.2, -0.15) is 0 Å². The summed E-state index contributed by atoms with van der Waals surface area (Å²) >= 11 is 0. The molecule has 0 saturated carbocycles. The summed E-state index contributed by atoms with van der Waals surface area (Å²) in [6, 6.07) is 9.63. The van der Waals surface area contributed by atoms with Gasteiger partial charge in [0.1, 0.15) is 5.76 Å². The van der Waals surface area contributed by atoms with Crippen molar-refractivity contribution in [3.8, 4) is 0 Å². The molecule has 0 fully saturated rings. The fourth-order valence-corrected chi connectivity index (χ4v) is 5.63. The monoisotopic (exact) mass is 496 g/mol. The zero-order valence-corrected chi connectivity index (χ0v) is 22.2. The molecule has 0 atom stereocenters. The van der Waals surface area contributed by atoms with Gasteiger partial charge in [-0.15, -0.1) is 0 Å². The predicted octanol–water partition coefficient (Wildman–Crippen LogP) is 5.24. The van der Waals surface area contributed by atoms with Crippen LogP contribution in [-0.4, -0.2) is 30.0 Å². The third-order valence-corrected chi connectivity index (χ3v) is 7.77. The minimum atomic E-state index is -3.80. The van der Waals surface area contributed by atoms with Crippen LogP contribution in [0.15, 0.2) is 45.9 Å². The number of rotatable bonds is 8. The molecule has 3 aromatic rings. The van der Waals surface area contributed by atoms with Crippen molar-refractivity contribution in [2.24, 2.45) is 0 Å². The van der Waals surface area contributed by atoms with E-state index in [9.17, 15) is 8.42 Å². The number of nitrogens with one attached hydrogen (secondary N) is 1. The van der Waals surface area contributed by atoms with Crippen molar-refractivity contribution in [2.75, 3.05) is 11.3 Å². The number of aromatic nitrogens is 2. The Morgan fingerprint density at radius 3 is 2.57 bits per heavy atom. The molecule has 0 amide bonds. The molecule has 1 N–H and O–H groups in total. The van der Waals surface area contributed by atoms with Crippen LogP contribution in [-0.2, 0) is 47.8 Å². The molecule has 0 unspecified atom stereocenters. The highest BCUT2D eigenvalue weighted by Crippen LogP contribution is 2.33. The third kappa shape index (κ3) is 5.76. The molecule has 0 radical (unpaired) electrons. The third-order valence-electron chi connectivity index (χ3n) is 6.43. The zero-order chi connectivity index (χ0) is 25.2. The van der Waals surface area contributed by atoms with Crippen molar-refractivity contribution < 1.29 is 12.9 Å². The van der Waals surface area contributed by atoms with E-state index in [0.717, 1.165) is 54.9 Å². The molecule has 1 aliphatic rings. The van der Waals surface area contributed by atoms with Crippen LogP contribution in [0.1, 0.15) is 74.7 Å². The highest BCUT2D eigenvalue weighted by Gasteiger charge is 2.29. The van der Waals surface area contributed by atoms with Gasteiger partial charge in [-0.05, 0) is 54.2 Å². The van der Waals surface area contributed by atoms with E-state index < -0.39 is 10.0 Å². The summed E-state index contributed by atoms with van der Waals surface area (Å²) in [5, 5.41) is 4.09. The van der Waals surface area contributed by atoms with Crippen molar-refractivity contribution >= 4 is 15.8 Å². The molecule has 0 bridgehead atoms. The maximum atomic E-state index is 13.3. The molecule has 0 spiro atoms. The van der Waals surface area contributed by atoms with Gasteiger partial charge in [0.05, 0.1) is 4.90 Å². The molecule has 7 nitrogen and oxygen atoms in total. The first kappa shape index (κ1) is 25.4. The standard InChI is InChI=1S/C27H36N4O3S/c1-6-8-24-25(27(3,4)5)34-29-26(24)30-35(32,33)23-12-10-20-13-14-31(18-21(20)15-23)17-19-9-11-22(7-2)28-16-19/h9-12,15-16H,6-8,13-14,17-18H2,1-5H3,(H,29,30). The van der Waals surface area contributed by atoms with Crippen LogP contribution in [0.4, 0.5) is 5.82 Å². The van der Waals surface area contributed by atoms with E-state index in [0.29, 0.717) is 18.8 Å². The smallest absolute Gasteiger partial charge is 0.263 e. The summed E-state index contributed by atoms with van der Waals surface area (Å²) in [5.74, 6) is 1.01. The summed E-state index contributed by atoms with van der Waals surface area (Å²) < 4.78 is 34.9. The van der Waals surface area contributed by atoms with Crippen LogP contribution in [0.5, 0.6) is 0 Å². The number of benzene rings is 1. The lowest BCUT2D eigenvalue weighted by molar-refractivity contribution is 0.245. The second-order valence-electron chi connectivity index (χ2n) is 10.3. The number of fused-ring (bicyclic) bond motifs is 1. The largest absolute Gasteiger partial charge is 0.358 e. The normalized spacial score (nSPS) is 14.7. The minimum Gasteiger partial charge on any atom is -0.358 e. The van der Waals surface area contributed by atoms with Gasteiger partial charge < -0.3 is 4.52 Å². The van der Waals surface area contributed by atoms with E-state index in [2.05, 4.69) is 45.7 Å². The van der Waals surface area contributed by atoms with Crippen LogP contribution in [0.2, 0.25) is 0 Å². The van der Waals surface area contributed by atoms with E-state index in [-0.39, 0.29) is 10.3 Å². The summed E-state index contributed by atoms with van der Waals surface area (Å²) in [4.78, 5) is 7.08. The number of anilines is 1. The molecule has 3 heterocycles. The lowest BCUT2D eigenvalue weighted by atomic mass is 9.89. The van der Waals surface area contributed by atoms with Crippen molar-refractivity contribution in [1.29, 1.82) is 0 Å². The van der Waals surface area contributed by atoms with Crippen LogP contribution >= 0.6 is 0 Å². The van der Waals surface area contributed by atoms with Gasteiger partial charge in [0.15, 0.2) is 5.82 Å². The molecular weight excluding hydrogens is 460 g/mol. The van der Waals surface area contributed by atoms with Crippen LogP contribution in [0.3, 0.4) is 0 Å². The molecule has 8 heteroatoms. The second-order valence-corrected chi connectivity index (χ2v) is 12.0. The average Bonchev–Trinajstić information content (AvgIpc) is 3.21. The van der Waals surface area contributed by atoms with Gasteiger partial charge in [0, 0.05) is 42.5 Å². The summed E-state index contributed by atoms with van der Waals surface area (Å²) in [7, 11) is -3.80. The average molecular weight is 497 g/mol. The predicted molar refractivity (Wildman–Crippen MR) is 138 cm³/mol. The van der Waals surface area contributed by atoms with Gasteiger partial charge in [0.25, 0.3) is 10.0 Å². The number of hydrogen-bond donors (Lipinski definition) is 1. The number of aryl methyl sites for hydroxylation is 1. The van der Waals surface area contributed by atoms with Gasteiger partial charge in [-0.1, -0.05) is 58.3 Å². The van der Waals surface area contributed by atoms with Crippen molar-refractivity contribution in [3.05, 3.63) is 70.2 Å². The number of hydrogen-bond acceptors (Lipinski definition) is 6. The Bertz CT molecular complexity index is 1270. The lowest BCUT2D eigenvalue weighted by Gasteiger charge is -2.29. The maximum absolute atomic E-state index is 13.3. The number of nitrogens with zero attached hydrogens (tertiary/aromatic N) is 3. The zero-order valence-electron chi connectivity index (χ0n) is 21.4. The van der Waals surface area contributed by atoms with Gasteiger partial charge in [-0.25, -0.2) is 8.42 Å². The Morgan fingerprint density at radius 2 is 1.91 bits per heavy atom. The molecular formula is C27H36N4O3S. The van der Waals surface area contributed by atoms with Crippen LogP contribution in [0.25, 0.3) is 0 Å². The Labute approximate surface area is 209 Å². The Balaban J connectivity index is 1.54. The molecule has 1 aromatic carbocycles. The van der Waals surface area contributed by atoms with E-state index in [1.165, 1.54) is 11.1 Å². The van der Waals surface area contributed by atoms with E-state index in [1.54, 1.807) is 12.1 Å². The fraction of sp³-hybridized carbons (Fsp3) is 0.481. The maximum Gasteiger partial charge on any atom is 0.263 e. The van der Waals surface area contributed by atoms with Crippen LogP contribution < -0.4 is 4.72 Å². The summed E-state index contributed by atoms with van der Waals surface area (Å²) in [6.45, 7) is 12.7. The first-order chi connectivity index (χ1) is 16.6. The molecule has 2 aromatic heterocycles. The Kier molecular flexibility index (Phi) is 7.33. The van der Waals surface area contributed by atoms with E-state index >= 15 is 0 Å². The number of sulfonamides is 1. The minimum absolute atomic E-state index is 0.245. The first-order valence-electron chi connectivity index (χ1n) is 12.4. The van der Waals surface area contributed by atoms with Crippen molar-refractivity contribution in [3.63, 3.8) is 0 Å². The second kappa shape index (κ2) is 10.1. The van der Waals surface area contributed by atoms with Gasteiger partial charge in [-0.3, -0.25) is 14.6 Å². The fourth-order valence-electron chi connectivity index (χ4n) is 4.56. The highest BCUT2D eigenvalue weighted by molar-refractivity contribution is 7.92. The van der Waals surface area contributed by atoms with E-state index in [1.807, 2.05) is 33.0 Å². The molecule has 4 rings (SSSR count). The Morgan fingerprint density at radius 1 is 1.11 bits per heavy atom. The molecule has 1 aliphatic heterocycles. The number of pyridine rings is 1. The van der Waals surface area contributed by atoms with Gasteiger partial charge in [0.2, 0.25) is 0 Å². The van der Waals surface area contributed by atoms with Gasteiger partial charge >= 0.3 is 0 Å². The lowest BCUT2D eigenvalue weighted by Crippen LogP contribution is -2.30. The van der Waals surface area contributed by atoms with Crippen molar-refractivity contribution in [1.82, 2.24) is 15.0 Å². The molecule has 0 aliphatic carbocycles. The van der Waals surface area contributed by atoms with E-state index in [4.69, 9.17) is 4.52 Å². The topological polar surface area (TPSA) is 88.3 Å². The van der Waals surface area contributed by atoms with Crippen LogP contribution in [0, 0.1) is 0 Å². The quantitative estimate of drug-likeness (QED) is 0.459. The first-order valence-corrected chi connectivity index (χ1v) is 13.9. The molecule has 188 valence electrons. The SMILES string of the molecule is CCCc1c(NS(=O)(=O)c2ccc3c(c2)CN(Cc2ccc(CC)nc2)CC3)noc1C(C)(C)C. The summed E-state index contributed by atoms with van der Waals surface area (Å²) in [5.41, 5.74) is 5.06. The van der Waals surface area contributed by atoms with Crippen molar-refractivity contribution in [2.45, 2.75) is 83.7 Å². The Hall–Kier alpha value is -2.71. The highest BCUT2D eigenvalue weighted by atomic mass is 32.2. The molecule has 0 saturated heterocycles.